The van der Waals surface area contributed by atoms with Crippen molar-refractivity contribution in [1.82, 2.24) is 0 Å². The van der Waals surface area contributed by atoms with Crippen molar-refractivity contribution < 1.29 is 9.13 Å². The van der Waals surface area contributed by atoms with Gasteiger partial charge in [0.1, 0.15) is 0 Å². The second kappa shape index (κ2) is 5.76. The third-order valence-corrected chi connectivity index (χ3v) is 0.911. The summed E-state index contributed by atoms with van der Waals surface area (Å²) in [5, 5.41) is 0. The molecule has 0 N–H and O–H groups in total. The van der Waals surface area contributed by atoms with Gasteiger partial charge in [0.05, 0.1) is 6.61 Å². The normalized spacial score (nSPS) is 13.1. The predicted octanol–water partition coefficient (Wildman–Crippen LogP) is 2.28. The van der Waals surface area contributed by atoms with Gasteiger partial charge in [-0.15, -0.1) is 6.58 Å². The average Bonchev–Trinajstić information content (AvgIpc) is 1.85. The molecule has 0 aliphatic carbocycles. The summed E-state index contributed by atoms with van der Waals surface area (Å²) in [5.41, 5.74) is 0. The summed E-state index contributed by atoms with van der Waals surface area (Å²) in [6, 6.07) is 0. The van der Waals surface area contributed by atoms with Gasteiger partial charge in [-0.2, -0.15) is 0 Å². The second-order valence-electron chi connectivity index (χ2n) is 1.82. The molecule has 0 saturated heterocycles. The molecule has 0 aromatic heterocycles. The van der Waals surface area contributed by atoms with Gasteiger partial charge >= 0.3 is 0 Å². The van der Waals surface area contributed by atoms with Gasteiger partial charge in [0.2, 0.25) is 0 Å². The first-order valence-electron chi connectivity index (χ1n) is 3.17. The van der Waals surface area contributed by atoms with Crippen molar-refractivity contribution in [2.24, 2.45) is 0 Å². The lowest BCUT2D eigenvalue weighted by molar-refractivity contribution is -0.0299. The van der Waals surface area contributed by atoms with Gasteiger partial charge < -0.3 is 4.74 Å². The summed E-state index contributed by atoms with van der Waals surface area (Å²) in [4.78, 5) is 0. The molecule has 0 bridgehead atoms. The first-order chi connectivity index (χ1) is 4.31. The van der Waals surface area contributed by atoms with Crippen LogP contribution in [-0.2, 0) is 4.74 Å². The zero-order valence-electron chi connectivity index (χ0n) is 5.77. The lowest BCUT2D eigenvalue weighted by atomic mass is 10.3. The first kappa shape index (κ1) is 8.63. The van der Waals surface area contributed by atoms with E-state index in [-0.39, 0.29) is 0 Å². The summed E-state index contributed by atoms with van der Waals surface area (Å²) < 4.78 is 17.0. The molecule has 1 nitrogen and oxygen atoms in total. The lowest BCUT2D eigenvalue weighted by Gasteiger charge is -2.04. The molecule has 0 aromatic rings. The van der Waals surface area contributed by atoms with Crippen LogP contribution in [0.5, 0.6) is 0 Å². The molecule has 0 aliphatic heterocycles. The highest BCUT2D eigenvalue weighted by molar-refractivity contribution is 4.64. The Kier molecular flexibility index (Phi) is 5.52. The number of halogens is 1. The van der Waals surface area contributed by atoms with Crippen molar-refractivity contribution in [3.05, 3.63) is 12.7 Å². The van der Waals surface area contributed by atoms with E-state index in [9.17, 15) is 4.39 Å². The predicted molar refractivity (Wildman–Crippen MR) is 36.0 cm³/mol. The van der Waals surface area contributed by atoms with Crippen molar-refractivity contribution in [3.63, 3.8) is 0 Å². The monoisotopic (exact) mass is 132 g/mol. The van der Waals surface area contributed by atoms with E-state index in [1.807, 2.05) is 6.92 Å². The Labute approximate surface area is 55.5 Å². The van der Waals surface area contributed by atoms with E-state index in [0.29, 0.717) is 13.0 Å². The van der Waals surface area contributed by atoms with E-state index in [1.54, 1.807) is 6.08 Å². The van der Waals surface area contributed by atoms with Crippen molar-refractivity contribution in [2.45, 2.75) is 26.1 Å². The fourth-order valence-corrected chi connectivity index (χ4v) is 0.483. The van der Waals surface area contributed by atoms with E-state index in [4.69, 9.17) is 0 Å². The number of ether oxygens (including phenoxy) is 1. The third-order valence-electron chi connectivity index (χ3n) is 0.911. The summed E-state index contributed by atoms with van der Waals surface area (Å²) in [5.74, 6) is 0. The maximum Gasteiger partial charge on any atom is 0.199 e. The van der Waals surface area contributed by atoms with Crippen LogP contribution in [0.3, 0.4) is 0 Å². The molecule has 1 atom stereocenters. The largest absolute Gasteiger partial charge is 0.344 e. The molecule has 1 unspecified atom stereocenters. The van der Waals surface area contributed by atoms with Gasteiger partial charge in [-0.25, -0.2) is 4.39 Å². The minimum absolute atomic E-state index is 0.307. The average molecular weight is 132 g/mol. The third kappa shape index (κ3) is 5.50. The molecule has 54 valence electrons. The highest BCUT2D eigenvalue weighted by Crippen LogP contribution is 2.02. The zero-order valence-corrected chi connectivity index (χ0v) is 5.77. The Morgan fingerprint density at radius 1 is 1.78 bits per heavy atom. The van der Waals surface area contributed by atoms with Crippen LogP contribution in [-0.4, -0.2) is 13.0 Å². The molecule has 0 radical (unpaired) electrons. The molecule has 0 amide bonds. The molecule has 0 fully saturated rings. The molecule has 0 aromatic carbocycles. The molecular formula is C7H13FO. The Morgan fingerprint density at radius 3 is 2.89 bits per heavy atom. The fraction of sp³-hybridized carbons (Fsp3) is 0.714. The lowest BCUT2D eigenvalue weighted by Crippen LogP contribution is -2.04. The fourth-order valence-electron chi connectivity index (χ4n) is 0.483. The molecule has 0 spiro atoms. The topological polar surface area (TPSA) is 9.23 Å². The Morgan fingerprint density at radius 2 is 2.44 bits per heavy atom. The van der Waals surface area contributed by atoms with Gasteiger partial charge in [-0.05, 0) is 0 Å². The number of hydrogen-bond acceptors (Lipinski definition) is 1. The minimum Gasteiger partial charge on any atom is -0.344 e. The van der Waals surface area contributed by atoms with E-state index in [0.717, 1.165) is 6.42 Å². The van der Waals surface area contributed by atoms with Crippen LogP contribution in [0, 0.1) is 0 Å². The van der Waals surface area contributed by atoms with Crippen molar-refractivity contribution >= 4 is 0 Å². The maximum atomic E-state index is 12.3. The molecule has 9 heavy (non-hydrogen) atoms. The quantitative estimate of drug-likeness (QED) is 0.521. The van der Waals surface area contributed by atoms with E-state index >= 15 is 0 Å². The van der Waals surface area contributed by atoms with Crippen LogP contribution in [0.4, 0.5) is 4.39 Å². The van der Waals surface area contributed by atoms with Crippen LogP contribution < -0.4 is 0 Å². The van der Waals surface area contributed by atoms with Crippen LogP contribution in [0.25, 0.3) is 0 Å². The molecular weight excluding hydrogens is 119 g/mol. The first-order valence-corrected chi connectivity index (χ1v) is 3.17. The molecule has 0 rings (SSSR count). The standard InChI is InChI=1S/C7H13FO/c1-3-5-7(8)9-6-4-2/h4,7H,2-3,5-6H2,1H3. The Bertz CT molecular complexity index is 73.3. The van der Waals surface area contributed by atoms with Gasteiger partial charge in [0, 0.05) is 6.42 Å². The Hall–Kier alpha value is -0.370. The molecule has 0 saturated carbocycles. The number of hydrogen-bond donors (Lipinski definition) is 0. The van der Waals surface area contributed by atoms with Crippen LogP contribution in [0.1, 0.15) is 19.8 Å². The maximum absolute atomic E-state index is 12.3. The summed E-state index contributed by atoms with van der Waals surface area (Å²) in [6.45, 7) is 5.63. The van der Waals surface area contributed by atoms with Crippen LogP contribution in [0.2, 0.25) is 0 Å². The SMILES string of the molecule is C=CCOC(F)CCC. The molecule has 0 heterocycles. The number of alkyl halides is 1. The van der Waals surface area contributed by atoms with E-state index in [2.05, 4.69) is 11.3 Å². The summed E-state index contributed by atoms with van der Waals surface area (Å²) in [6.07, 6.45) is 1.74. The van der Waals surface area contributed by atoms with E-state index in [1.165, 1.54) is 0 Å². The highest BCUT2D eigenvalue weighted by atomic mass is 19.1. The van der Waals surface area contributed by atoms with E-state index < -0.39 is 6.36 Å². The smallest absolute Gasteiger partial charge is 0.199 e. The van der Waals surface area contributed by atoms with Crippen molar-refractivity contribution in [2.75, 3.05) is 6.61 Å². The van der Waals surface area contributed by atoms with Gasteiger partial charge in [-0.1, -0.05) is 19.4 Å². The molecule has 2 heteroatoms. The number of rotatable bonds is 5. The molecule has 0 aliphatic rings. The van der Waals surface area contributed by atoms with Crippen molar-refractivity contribution in [1.29, 1.82) is 0 Å². The zero-order chi connectivity index (χ0) is 7.11. The van der Waals surface area contributed by atoms with Crippen LogP contribution >= 0.6 is 0 Å². The van der Waals surface area contributed by atoms with Crippen molar-refractivity contribution in [3.8, 4) is 0 Å². The van der Waals surface area contributed by atoms with Crippen LogP contribution in [0.15, 0.2) is 12.7 Å². The minimum atomic E-state index is -1.10. The van der Waals surface area contributed by atoms with Gasteiger partial charge in [0.25, 0.3) is 0 Å². The Balaban J connectivity index is 3.04. The van der Waals surface area contributed by atoms with Gasteiger partial charge in [0.15, 0.2) is 6.36 Å². The summed E-state index contributed by atoms with van der Waals surface area (Å²) in [7, 11) is 0. The summed E-state index contributed by atoms with van der Waals surface area (Å²) >= 11 is 0. The second-order valence-corrected chi connectivity index (χ2v) is 1.82. The van der Waals surface area contributed by atoms with Gasteiger partial charge in [-0.3, -0.25) is 0 Å². The highest BCUT2D eigenvalue weighted by Gasteiger charge is 2.00.